The largest absolute Gasteiger partial charge is 0.397 e. The topological polar surface area (TPSA) is 46.6 Å². The van der Waals surface area contributed by atoms with Gasteiger partial charge in [-0.25, -0.2) is 4.98 Å². The standard InChI is InChI=1S/C14H14N4S/c15-12-3-1-2-10-4-5-17(13(10)12)8-11-9-18-6-7-19-14(18)16-11/h1-3,6-7,9H,4-5,8,15H2. The van der Waals surface area contributed by atoms with Crippen molar-refractivity contribution < 1.29 is 0 Å². The Morgan fingerprint density at radius 2 is 2.32 bits per heavy atom. The lowest BCUT2D eigenvalue weighted by Crippen LogP contribution is -2.20. The summed E-state index contributed by atoms with van der Waals surface area (Å²) < 4.78 is 2.07. The van der Waals surface area contributed by atoms with E-state index in [4.69, 9.17) is 5.73 Å². The van der Waals surface area contributed by atoms with Crippen LogP contribution in [0.5, 0.6) is 0 Å². The van der Waals surface area contributed by atoms with Crippen LogP contribution in [0.15, 0.2) is 36.0 Å². The van der Waals surface area contributed by atoms with Gasteiger partial charge >= 0.3 is 0 Å². The molecule has 2 N–H and O–H groups in total. The summed E-state index contributed by atoms with van der Waals surface area (Å²) in [4.78, 5) is 8.02. The number of rotatable bonds is 2. The van der Waals surface area contributed by atoms with Crippen LogP contribution >= 0.6 is 11.3 Å². The Morgan fingerprint density at radius 1 is 1.37 bits per heavy atom. The highest BCUT2D eigenvalue weighted by Crippen LogP contribution is 2.34. The molecule has 2 aromatic heterocycles. The van der Waals surface area contributed by atoms with Gasteiger partial charge in [0.25, 0.3) is 0 Å². The van der Waals surface area contributed by atoms with Gasteiger partial charge in [-0.2, -0.15) is 0 Å². The molecule has 0 atom stereocenters. The van der Waals surface area contributed by atoms with Gasteiger partial charge in [-0.05, 0) is 18.1 Å². The third-order valence-electron chi connectivity index (χ3n) is 3.61. The van der Waals surface area contributed by atoms with Crippen molar-refractivity contribution in [1.29, 1.82) is 0 Å². The molecule has 0 radical (unpaired) electrons. The van der Waals surface area contributed by atoms with Gasteiger partial charge in [-0.15, -0.1) is 11.3 Å². The summed E-state index contributed by atoms with van der Waals surface area (Å²) in [6.45, 7) is 1.85. The maximum Gasteiger partial charge on any atom is 0.193 e. The van der Waals surface area contributed by atoms with Gasteiger partial charge < -0.3 is 10.6 Å². The Labute approximate surface area is 115 Å². The highest BCUT2D eigenvalue weighted by Gasteiger charge is 2.22. The zero-order valence-corrected chi connectivity index (χ0v) is 11.2. The maximum atomic E-state index is 6.11. The lowest BCUT2D eigenvalue weighted by Gasteiger charge is -2.19. The molecule has 1 aromatic carbocycles. The van der Waals surface area contributed by atoms with E-state index in [0.717, 1.165) is 35.9 Å². The summed E-state index contributed by atoms with van der Waals surface area (Å²) in [5, 5.41) is 2.05. The van der Waals surface area contributed by atoms with Crippen molar-refractivity contribution in [2.75, 3.05) is 17.2 Å². The van der Waals surface area contributed by atoms with Crippen molar-refractivity contribution in [2.24, 2.45) is 0 Å². The molecular weight excluding hydrogens is 256 g/mol. The summed E-state index contributed by atoms with van der Waals surface area (Å²) >= 11 is 1.66. The first-order valence-corrected chi connectivity index (χ1v) is 7.22. The van der Waals surface area contributed by atoms with Crippen molar-refractivity contribution in [1.82, 2.24) is 9.38 Å². The summed E-state index contributed by atoms with van der Waals surface area (Å²) in [5.41, 5.74) is 10.6. The predicted octanol–water partition coefficient (Wildman–Crippen LogP) is 2.54. The number of hydrogen-bond acceptors (Lipinski definition) is 4. The number of aromatic nitrogens is 2. The molecule has 0 spiro atoms. The average Bonchev–Trinajstić information content (AvgIpc) is 3.04. The number of imidazole rings is 1. The van der Waals surface area contributed by atoms with E-state index in [9.17, 15) is 0 Å². The minimum absolute atomic E-state index is 0.829. The van der Waals surface area contributed by atoms with Gasteiger partial charge in [-0.1, -0.05) is 12.1 Å². The van der Waals surface area contributed by atoms with Crippen LogP contribution in [0.1, 0.15) is 11.3 Å². The number of anilines is 2. The van der Waals surface area contributed by atoms with Crippen LogP contribution in [0.3, 0.4) is 0 Å². The van der Waals surface area contributed by atoms with Crippen LogP contribution in [0.25, 0.3) is 4.96 Å². The molecule has 19 heavy (non-hydrogen) atoms. The minimum Gasteiger partial charge on any atom is -0.397 e. The zero-order valence-electron chi connectivity index (χ0n) is 10.4. The van der Waals surface area contributed by atoms with Gasteiger partial charge in [0.05, 0.1) is 23.6 Å². The van der Waals surface area contributed by atoms with Crippen LogP contribution in [-0.4, -0.2) is 15.9 Å². The normalized spacial score (nSPS) is 14.2. The van der Waals surface area contributed by atoms with Gasteiger partial charge in [0.1, 0.15) is 0 Å². The van der Waals surface area contributed by atoms with Gasteiger partial charge in [0, 0.05) is 24.3 Å². The molecule has 0 saturated carbocycles. The fraction of sp³-hybridized carbons (Fsp3) is 0.214. The molecule has 0 fully saturated rings. The molecule has 0 unspecified atom stereocenters. The van der Waals surface area contributed by atoms with E-state index >= 15 is 0 Å². The molecule has 0 bridgehead atoms. The average molecular weight is 270 g/mol. The van der Waals surface area contributed by atoms with E-state index in [1.54, 1.807) is 11.3 Å². The zero-order chi connectivity index (χ0) is 12.8. The van der Waals surface area contributed by atoms with Crippen LogP contribution in [0, 0.1) is 0 Å². The number of thiazole rings is 1. The monoisotopic (exact) mass is 270 g/mol. The van der Waals surface area contributed by atoms with Gasteiger partial charge in [-0.3, -0.25) is 4.40 Å². The molecule has 0 saturated heterocycles. The molecule has 4 rings (SSSR count). The second-order valence-electron chi connectivity index (χ2n) is 4.85. The third-order valence-corrected chi connectivity index (χ3v) is 4.38. The number of fused-ring (bicyclic) bond motifs is 2. The van der Waals surface area contributed by atoms with Crippen LogP contribution in [0.2, 0.25) is 0 Å². The molecule has 3 aromatic rings. The molecule has 1 aliphatic rings. The lowest BCUT2D eigenvalue weighted by atomic mass is 10.1. The summed E-state index contributed by atoms with van der Waals surface area (Å²) in [6.07, 6.45) is 5.22. The summed E-state index contributed by atoms with van der Waals surface area (Å²) in [6, 6.07) is 6.17. The molecule has 3 heterocycles. The number of nitrogens with two attached hydrogens (primary N) is 1. The van der Waals surface area contributed by atoms with E-state index in [0.29, 0.717) is 0 Å². The third kappa shape index (κ3) is 1.69. The number of para-hydroxylation sites is 1. The van der Waals surface area contributed by atoms with Crippen molar-refractivity contribution >= 4 is 27.7 Å². The number of nitrogens with zero attached hydrogens (tertiary/aromatic N) is 3. The highest BCUT2D eigenvalue weighted by atomic mass is 32.1. The van der Waals surface area contributed by atoms with E-state index in [2.05, 4.69) is 31.9 Å². The number of benzene rings is 1. The van der Waals surface area contributed by atoms with Crippen LogP contribution in [-0.2, 0) is 13.0 Å². The fourth-order valence-corrected chi connectivity index (χ4v) is 3.49. The summed E-state index contributed by atoms with van der Waals surface area (Å²) in [5.74, 6) is 0. The molecule has 0 aliphatic carbocycles. The minimum atomic E-state index is 0.829. The highest BCUT2D eigenvalue weighted by molar-refractivity contribution is 7.15. The van der Waals surface area contributed by atoms with Crippen LogP contribution in [0.4, 0.5) is 11.4 Å². The van der Waals surface area contributed by atoms with Crippen molar-refractivity contribution in [2.45, 2.75) is 13.0 Å². The van der Waals surface area contributed by atoms with Gasteiger partial charge in [0.2, 0.25) is 0 Å². The molecule has 5 heteroatoms. The summed E-state index contributed by atoms with van der Waals surface area (Å²) in [7, 11) is 0. The van der Waals surface area contributed by atoms with Crippen molar-refractivity contribution in [3.8, 4) is 0 Å². The number of hydrogen-bond donors (Lipinski definition) is 1. The predicted molar refractivity (Wildman–Crippen MR) is 78.7 cm³/mol. The fourth-order valence-electron chi connectivity index (χ4n) is 2.77. The Morgan fingerprint density at radius 3 is 3.21 bits per heavy atom. The first-order chi connectivity index (χ1) is 9.31. The Bertz CT molecular complexity index is 714. The van der Waals surface area contributed by atoms with Crippen molar-refractivity contribution in [3.05, 3.63) is 47.2 Å². The first kappa shape index (κ1) is 10.9. The lowest BCUT2D eigenvalue weighted by molar-refractivity contribution is 0.821. The van der Waals surface area contributed by atoms with Gasteiger partial charge in [0.15, 0.2) is 4.96 Å². The van der Waals surface area contributed by atoms with E-state index in [1.807, 2.05) is 18.3 Å². The smallest absolute Gasteiger partial charge is 0.193 e. The van der Waals surface area contributed by atoms with E-state index in [1.165, 1.54) is 11.3 Å². The SMILES string of the molecule is Nc1cccc2c1N(Cc1cn3ccsc3n1)CC2. The second-order valence-corrected chi connectivity index (χ2v) is 5.72. The second kappa shape index (κ2) is 3.99. The van der Waals surface area contributed by atoms with E-state index in [-0.39, 0.29) is 0 Å². The van der Waals surface area contributed by atoms with Crippen molar-refractivity contribution in [3.63, 3.8) is 0 Å². The van der Waals surface area contributed by atoms with Crippen LogP contribution < -0.4 is 10.6 Å². The molecule has 4 nitrogen and oxygen atoms in total. The Balaban J connectivity index is 1.67. The Hall–Kier alpha value is -2.01. The van der Waals surface area contributed by atoms with E-state index < -0.39 is 0 Å². The molecule has 1 aliphatic heterocycles. The number of nitrogen functional groups attached to an aromatic ring is 1. The Kier molecular flexibility index (Phi) is 2.29. The molecular formula is C14H14N4S. The maximum absolute atomic E-state index is 6.11. The quantitative estimate of drug-likeness (QED) is 0.728. The molecule has 0 amide bonds. The first-order valence-electron chi connectivity index (χ1n) is 6.34. The molecule has 96 valence electrons.